The number of aromatic nitrogens is 3. The van der Waals surface area contributed by atoms with Crippen molar-refractivity contribution < 1.29 is 13.2 Å². The second-order valence-electron chi connectivity index (χ2n) is 6.75. The number of sulfone groups is 1. The summed E-state index contributed by atoms with van der Waals surface area (Å²) in [6.45, 7) is 5.91. The van der Waals surface area contributed by atoms with Crippen molar-refractivity contribution in [2.24, 2.45) is 0 Å². The van der Waals surface area contributed by atoms with Crippen molar-refractivity contribution in [3.63, 3.8) is 0 Å². The predicted octanol–water partition coefficient (Wildman–Crippen LogP) is 2.36. The molecular formula is C19H21N5O3S2. The molecule has 2 atom stereocenters. The van der Waals surface area contributed by atoms with Gasteiger partial charge in [0, 0.05) is 12.5 Å². The van der Waals surface area contributed by atoms with Crippen LogP contribution >= 0.6 is 11.8 Å². The van der Waals surface area contributed by atoms with Crippen molar-refractivity contribution >= 4 is 33.2 Å². The van der Waals surface area contributed by atoms with E-state index in [2.05, 4.69) is 22.1 Å². The van der Waals surface area contributed by atoms with E-state index >= 15 is 0 Å². The van der Waals surface area contributed by atoms with Gasteiger partial charge in [-0.25, -0.2) is 8.42 Å². The Labute approximate surface area is 173 Å². The summed E-state index contributed by atoms with van der Waals surface area (Å²) < 4.78 is 25.5. The van der Waals surface area contributed by atoms with Gasteiger partial charge in [-0.05, 0) is 25.5 Å². The number of amides is 1. The number of nitrogens with one attached hydrogen (secondary N) is 1. The average Bonchev–Trinajstić information content (AvgIpc) is 3.25. The highest BCUT2D eigenvalue weighted by Gasteiger charge is 2.33. The van der Waals surface area contributed by atoms with Gasteiger partial charge in [-0.3, -0.25) is 4.79 Å². The fraction of sp³-hybridized carbons (Fsp3) is 0.368. The number of benzene rings is 1. The third-order valence-electron chi connectivity index (χ3n) is 4.61. The Bertz CT molecular complexity index is 1070. The van der Waals surface area contributed by atoms with E-state index in [0.717, 1.165) is 0 Å². The van der Waals surface area contributed by atoms with Crippen LogP contribution in [0.4, 0.5) is 5.69 Å². The number of nitriles is 1. The lowest BCUT2D eigenvalue weighted by Gasteiger charge is -2.14. The SMILES string of the molecule is C=CCn1c(S[C@H](C)C(=O)Nc2ccccc2C#N)nnc1[C@@H]1CCS(=O)(=O)C1. The lowest BCUT2D eigenvalue weighted by atomic mass is 10.1. The second kappa shape index (κ2) is 8.80. The van der Waals surface area contributed by atoms with E-state index in [1.807, 2.05) is 10.6 Å². The Kier molecular flexibility index (Phi) is 6.39. The van der Waals surface area contributed by atoms with Crippen LogP contribution in [0.15, 0.2) is 42.1 Å². The molecule has 1 N–H and O–H groups in total. The molecule has 1 aliphatic rings. The summed E-state index contributed by atoms with van der Waals surface area (Å²) in [5.41, 5.74) is 0.842. The average molecular weight is 432 g/mol. The van der Waals surface area contributed by atoms with Gasteiger partial charge in [0.2, 0.25) is 5.91 Å². The number of carbonyl (C=O) groups is 1. The van der Waals surface area contributed by atoms with Gasteiger partial charge in [0.05, 0.1) is 28.0 Å². The van der Waals surface area contributed by atoms with Gasteiger partial charge in [0.25, 0.3) is 0 Å². The zero-order chi connectivity index (χ0) is 21.0. The van der Waals surface area contributed by atoms with E-state index in [0.29, 0.717) is 35.2 Å². The monoisotopic (exact) mass is 431 g/mol. The molecule has 152 valence electrons. The summed E-state index contributed by atoms with van der Waals surface area (Å²) in [4.78, 5) is 12.6. The number of rotatable bonds is 7. The molecule has 8 nitrogen and oxygen atoms in total. The third-order valence-corrected chi connectivity index (χ3v) is 7.46. The summed E-state index contributed by atoms with van der Waals surface area (Å²) in [7, 11) is -3.05. The van der Waals surface area contributed by atoms with Crippen molar-refractivity contribution in [1.82, 2.24) is 14.8 Å². The fourth-order valence-corrected chi connectivity index (χ4v) is 5.73. The van der Waals surface area contributed by atoms with Gasteiger partial charge in [0.15, 0.2) is 15.0 Å². The number of allylic oxidation sites excluding steroid dienone is 1. The van der Waals surface area contributed by atoms with Crippen molar-refractivity contribution in [3.8, 4) is 6.07 Å². The van der Waals surface area contributed by atoms with E-state index in [-0.39, 0.29) is 23.3 Å². The van der Waals surface area contributed by atoms with Crippen molar-refractivity contribution in [2.75, 3.05) is 16.8 Å². The number of thioether (sulfide) groups is 1. The molecule has 0 unspecified atom stereocenters. The Morgan fingerprint density at radius 3 is 2.90 bits per heavy atom. The maximum Gasteiger partial charge on any atom is 0.237 e. The number of hydrogen-bond acceptors (Lipinski definition) is 7. The molecule has 1 aromatic carbocycles. The van der Waals surface area contributed by atoms with Crippen LogP contribution in [0.25, 0.3) is 0 Å². The van der Waals surface area contributed by atoms with Crippen LogP contribution in [-0.2, 0) is 21.2 Å². The second-order valence-corrected chi connectivity index (χ2v) is 10.3. The number of para-hydroxylation sites is 1. The number of anilines is 1. The number of nitrogens with zero attached hydrogens (tertiary/aromatic N) is 4. The molecule has 0 spiro atoms. The predicted molar refractivity (Wildman–Crippen MR) is 111 cm³/mol. The lowest BCUT2D eigenvalue weighted by Crippen LogP contribution is -2.23. The van der Waals surface area contributed by atoms with Gasteiger partial charge < -0.3 is 9.88 Å². The van der Waals surface area contributed by atoms with Gasteiger partial charge in [-0.2, -0.15) is 5.26 Å². The van der Waals surface area contributed by atoms with E-state index in [1.165, 1.54) is 11.8 Å². The van der Waals surface area contributed by atoms with Crippen LogP contribution in [0.3, 0.4) is 0 Å². The number of carbonyl (C=O) groups excluding carboxylic acids is 1. The molecule has 2 aromatic rings. The Balaban J connectivity index is 1.76. The molecule has 0 radical (unpaired) electrons. The first kappa shape index (κ1) is 21.1. The zero-order valence-corrected chi connectivity index (χ0v) is 17.5. The summed E-state index contributed by atoms with van der Waals surface area (Å²) in [5, 5.41) is 20.4. The van der Waals surface area contributed by atoms with Crippen LogP contribution in [0.2, 0.25) is 0 Å². The molecule has 0 bridgehead atoms. The molecule has 1 fully saturated rings. The van der Waals surface area contributed by atoms with E-state index < -0.39 is 15.1 Å². The molecule has 2 heterocycles. The van der Waals surface area contributed by atoms with E-state index in [9.17, 15) is 13.2 Å². The minimum Gasteiger partial charge on any atom is -0.324 e. The van der Waals surface area contributed by atoms with Crippen LogP contribution < -0.4 is 5.32 Å². The molecule has 1 aliphatic heterocycles. The molecule has 1 saturated heterocycles. The first-order valence-corrected chi connectivity index (χ1v) is 11.8. The Hall–Kier alpha value is -2.64. The Morgan fingerprint density at radius 1 is 1.48 bits per heavy atom. The van der Waals surface area contributed by atoms with Gasteiger partial charge in [-0.1, -0.05) is 30.0 Å². The van der Waals surface area contributed by atoms with E-state index in [1.54, 1.807) is 37.3 Å². The molecule has 1 amide bonds. The van der Waals surface area contributed by atoms with Crippen molar-refractivity contribution in [3.05, 3.63) is 48.3 Å². The first-order valence-electron chi connectivity index (χ1n) is 9.05. The maximum absolute atomic E-state index is 12.6. The quantitative estimate of drug-likeness (QED) is 0.528. The molecule has 29 heavy (non-hydrogen) atoms. The summed E-state index contributed by atoms with van der Waals surface area (Å²) in [6.07, 6.45) is 2.21. The van der Waals surface area contributed by atoms with Crippen LogP contribution in [-0.4, -0.2) is 45.8 Å². The summed E-state index contributed by atoms with van der Waals surface area (Å²) in [5.74, 6) is 0.353. The third kappa shape index (κ3) is 4.86. The van der Waals surface area contributed by atoms with E-state index in [4.69, 9.17) is 5.26 Å². The minimum absolute atomic E-state index is 0.0634. The largest absolute Gasteiger partial charge is 0.324 e. The first-order chi connectivity index (χ1) is 13.8. The zero-order valence-electron chi connectivity index (χ0n) is 15.9. The molecule has 1 aromatic heterocycles. The molecule has 0 aliphatic carbocycles. The molecular weight excluding hydrogens is 410 g/mol. The van der Waals surface area contributed by atoms with Gasteiger partial charge >= 0.3 is 0 Å². The van der Waals surface area contributed by atoms with Crippen LogP contribution in [0.1, 0.15) is 30.7 Å². The van der Waals surface area contributed by atoms with Gasteiger partial charge in [-0.15, -0.1) is 16.8 Å². The summed E-state index contributed by atoms with van der Waals surface area (Å²) >= 11 is 1.23. The normalized spacial score (nSPS) is 18.7. The standard InChI is InChI=1S/C19H21N5O3S2/c1-3-9-24-17(15-8-10-29(26,27)12-15)22-23-19(24)28-13(2)18(25)21-16-7-5-4-6-14(16)11-20/h3-7,13,15H,1,8-10,12H2,2H3,(H,21,25)/t13-,15-/m1/s1. The van der Waals surface area contributed by atoms with Gasteiger partial charge in [0.1, 0.15) is 11.9 Å². The fourth-order valence-electron chi connectivity index (χ4n) is 3.12. The lowest BCUT2D eigenvalue weighted by molar-refractivity contribution is -0.115. The molecule has 3 rings (SSSR count). The van der Waals surface area contributed by atoms with Crippen LogP contribution in [0, 0.1) is 11.3 Å². The minimum atomic E-state index is -3.05. The topological polar surface area (TPSA) is 118 Å². The highest BCUT2D eigenvalue weighted by Crippen LogP contribution is 2.31. The highest BCUT2D eigenvalue weighted by atomic mass is 32.2. The highest BCUT2D eigenvalue weighted by molar-refractivity contribution is 8.00. The van der Waals surface area contributed by atoms with Crippen molar-refractivity contribution in [2.45, 2.75) is 36.2 Å². The molecule has 0 saturated carbocycles. The smallest absolute Gasteiger partial charge is 0.237 e. The summed E-state index contributed by atoms with van der Waals surface area (Å²) in [6, 6.07) is 8.83. The van der Waals surface area contributed by atoms with Crippen molar-refractivity contribution in [1.29, 1.82) is 5.26 Å². The Morgan fingerprint density at radius 2 is 2.24 bits per heavy atom. The maximum atomic E-state index is 12.6. The number of hydrogen-bond donors (Lipinski definition) is 1. The van der Waals surface area contributed by atoms with Crippen LogP contribution in [0.5, 0.6) is 0 Å². The molecule has 10 heteroatoms.